The van der Waals surface area contributed by atoms with Gasteiger partial charge in [0.2, 0.25) is 0 Å². The quantitative estimate of drug-likeness (QED) is 0.0904. The Labute approximate surface area is 230 Å². The molecule has 15 heteroatoms. The minimum Gasteiger partial charge on any atom is -0.481 e. The van der Waals surface area contributed by atoms with Gasteiger partial charge in [0.25, 0.3) is 11.8 Å². The van der Waals surface area contributed by atoms with E-state index >= 15 is 0 Å². The van der Waals surface area contributed by atoms with E-state index in [4.69, 9.17) is 0 Å². The second kappa shape index (κ2) is 13.8. The van der Waals surface area contributed by atoms with Gasteiger partial charge in [0.1, 0.15) is 18.6 Å². The van der Waals surface area contributed by atoms with E-state index in [2.05, 4.69) is 0 Å². The first-order valence-electron chi connectivity index (χ1n) is 9.50. The van der Waals surface area contributed by atoms with E-state index in [-0.39, 0.29) is 31.6 Å². The van der Waals surface area contributed by atoms with E-state index in [0.717, 1.165) is 9.80 Å². The van der Waals surface area contributed by atoms with E-state index in [0.29, 0.717) is 0 Å². The molecule has 0 aromatic carbocycles. The van der Waals surface area contributed by atoms with Crippen LogP contribution in [0.15, 0.2) is 18.6 Å². The molecule has 0 aromatic heterocycles. The summed E-state index contributed by atoms with van der Waals surface area (Å²) in [4.78, 5) is 39.8. The lowest BCUT2D eigenvalue weighted by Gasteiger charge is -2.45. The van der Waals surface area contributed by atoms with E-state index in [1.807, 2.05) is 0 Å². The summed E-state index contributed by atoms with van der Waals surface area (Å²) < 4.78 is -0.765. The number of allylic oxidation sites excluding steroid dienone is 2. The highest BCUT2D eigenvalue weighted by molar-refractivity contribution is 14.1. The fourth-order valence-corrected chi connectivity index (χ4v) is 9.08. The molecule has 3 atom stereocenters. The number of carboxylic acid groups (broad SMARTS) is 1. The summed E-state index contributed by atoms with van der Waals surface area (Å²) in [5, 5.41) is 67.9. The van der Waals surface area contributed by atoms with Crippen LogP contribution in [-0.2, 0) is 14.4 Å². The molecule has 0 saturated carbocycles. The molecule has 0 saturated heterocycles. The number of carboxylic acids is 1. The fourth-order valence-electron chi connectivity index (χ4n) is 3.41. The Kier molecular flexibility index (Phi) is 12.9. The van der Waals surface area contributed by atoms with Gasteiger partial charge in [0.05, 0.1) is 44.8 Å². The second-order valence-electron chi connectivity index (χ2n) is 6.90. The molecule has 0 heterocycles. The summed E-state index contributed by atoms with van der Waals surface area (Å²) in [6.45, 7) is -4.29. The lowest BCUT2D eigenvalue weighted by Crippen LogP contribution is -2.52. The van der Waals surface area contributed by atoms with Gasteiger partial charge in [-0.3, -0.25) is 14.4 Å². The summed E-state index contributed by atoms with van der Waals surface area (Å²) >= 11 is 5.29. The molecule has 33 heavy (non-hydrogen) atoms. The van der Waals surface area contributed by atoms with Gasteiger partial charge in [0, 0.05) is 16.7 Å². The van der Waals surface area contributed by atoms with E-state index < -0.39 is 72.7 Å². The second-order valence-corrected chi connectivity index (χ2v) is 10.3. The number of halogens is 3. The number of nitrogens with zero attached hydrogens (tertiary/aromatic N) is 2. The number of amides is 2. The number of alkyl halides is 1. The number of carbonyl (C=O) groups is 3. The number of aliphatic carboxylic acids is 1. The van der Waals surface area contributed by atoms with Crippen molar-refractivity contribution in [3.05, 3.63) is 18.6 Å². The molecule has 0 bridgehead atoms. The molecule has 0 radical (unpaired) electrons. The Morgan fingerprint density at radius 3 is 1.85 bits per heavy atom. The highest BCUT2D eigenvalue weighted by Gasteiger charge is 2.56. The van der Waals surface area contributed by atoms with Gasteiger partial charge < -0.3 is 45.5 Å². The normalized spacial score (nSPS) is 21.8. The zero-order valence-electron chi connectivity index (χ0n) is 17.2. The summed E-state index contributed by atoms with van der Waals surface area (Å²) in [6, 6.07) is 0. The first kappa shape index (κ1) is 30.9. The van der Waals surface area contributed by atoms with Crippen molar-refractivity contribution >= 4 is 85.6 Å². The maximum Gasteiger partial charge on any atom is 0.316 e. The molecule has 7 N–H and O–H groups in total. The van der Waals surface area contributed by atoms with Crippen molar-refractivity contribution < 1.29 is 50.1 Å². The Bertz CT molecular complexity index is 821. The first-order chi connectivity index (χ1) is 15.5. The lowest BCUT2D eigenvalue weighted by molar-refractivity contribution is -0.148. The summed E-state index contributed by atoms with van der Waals surface area (Å²) in [5.74, 6) is -3.10. The number of hydrogen-bond donors (Lipinski definition) is 7. The van der Waals surface area contributed by atoms with Crippen LogP contribution >= 0.6 is 67.8 Å². The summed E-state index contributed by atoms with van der Waals surface area (Å²) in [5.41, 5.74) is -1.90. The van der Waals surface area contributed by atoms with Crippen molar-refractivity contribution in [1.82, 2.24) is 9.80 Å². The van der Waals surface area contributed by atoms with Crippen LogP contribution in [0.4, 0.5) is 0 Å². The smallest absolute Gasteiger partial charge is 0.316 e. The van der Waals surface area contributed by atoms with E-state index in [9.17, 15) is 50.1 Å². The molecule has 0 aliphatic heterocycles. The number of hydrogen-bond acceptors (Lipinski definition) is 9. The number of carbonyl (C=O) groups excluding carboxylic acids is 2. The Morgan fingerprint density at radius 2 is 1.42 bits per heavy atom. The van der Waals surface area contributed by atoms with Crippen LogP contribution < -0.4 is 0 Å². The van der Waals surface area contributed by atoms with Crippen LogP contribution in [-0.4, -0.2) is 119 Å². The summed E-state index contributed by atoms with van der Waals surface area (Å²) in [7, 11) is 0. The molecule has 0 fully saturated rings. The van der Waals surface area contributed by atoms with E-state index in [1.54, 1.807) is 67.8 Å². The molecule has 188 valence electrons. The number of aliphatic hydroxyl groups excluding tert-OH is 6. The van der Waals surface area contributed by atoms with Gasteiger partial charge in [-0.2, -0.15) is 0 Å². The average molecular weight is 810 g/mol. The Balaban J connectivity index is 4.09. The third kappa shape index (κ3) is 6.35. The largest absolute Gasteiger partial charge is 0.481 e. The molecule has 0 aromatic rings. The van der Waals surface area contributed by atoms with Gasteiger partial charge in [-0.25, -0.2) is 0 Å². The molecular formula is C18H25I3N2O10. The predicted molar refractivity (Wildman–Crippen MR) is 139 cm³/mol. The van der Waals surface area contributed by atoms with Crippen molar-refractivity contribution in [3.8, 4) is 0 Å². The molecule has 2 amide bonds. The molecule has 1 aliphatic rings. The zero-order chi connectivity index (χ0) is 25.5. The van der Waals surface area contributed by atoms with Crippen LogP contribution in [0.2, 0.25) is 0 Å². The zero-order valence-corrected chi connectivity index (χ0v) is 23.7. The van der Waals surface area contributed by atoms with Crippen molar-refractivity contribution in [3.63, 3.8) is 0 Å². The van der Waals surface area contributed by atoms with Gasteiger partial charge in [-0.1, -0.05) is 22.6 Å². The maximum atomic E-state index is 12.7. The van der Waals surface area contributed by atoms with Gasteiger partial charge >= 0.3 is 5.97 Å². The first-order valence-corrected chi connectivity index (χ1v) is 12.9. The van der Waals surface area contributed by atoms with E-state index in [1.165, 1.54) is 0 Å². The van der Waals surface area contributed by atoms with Crippen LogP contribution in [0.3, 0.4) is 0 Å². The van der Waals surface area contributed by atoms with Gasteiger partial charge in [-0.15, -0.1) is 0 Å². The van der Waals surface area contributed by atoms with Crippen LogP contribution in [0, 0.1) is 5.41 Å². The topological polar surface area (TPSA) is 199 Å². The third-order valence-electron chi connectivity index (χ3n) is 4.94. The van der Waals surface area contributed by atoms with Crippen molar-refractivity contribution in [2.75, 3.05) is 46.1 Å². The minimum atomic E-state index is -1.95. The van der Waals surface area contributed by atoms with Crippen molar-refractivity contribution in [2.45, 2.75) is 16.4 Å². The minimum absolute atomic E-state index is 0.00608. The molecule has 1 aliphatic carbocycles. The monoisotopic (exact) mass is 810 g/mol. The predicted octanol–water partition coefficient (Wildman–Crippen LogP) is -1.46. The number of aliphatic hydroxyl groups is 6. The van der Waals surface area contributed by atoms with Crippen LogP contribution in [0.5, 0.6) is 0 Å². The Hall–Kier alpha value is -0.160. The molecule has 3 unspecified atom stereocenters. The standard InChI is InChI=1S/C18H25I3N2O10/c19-12-13(22(1-3-24)10(30)7-27)15(20)18(17(32)33,5-9(29)6-26)16(21)14(12)23(2-4-25)11(31)8-28/h9,15,24-29H,1-8H2,(H,32,33). The lowest BCUT2D eigenvalue weighted by atomic mass is 9.74. The van der Waals surface area contributed by atoms with Crippen LogP contribution in [0.1, 0.15) is 6.42 Å². The summed E-state index contributed by atoms with van der Waals surface area (Å²) in [6.07, 6.45) is -1.97. The van der Waals surface area contributed by atoms with Crippen LogP contribution in [0.25, 0.3) is 0 Å². The molecule has 1 rings (SSSR count). The number of rotatable bonds is 12. The van der Waals surface area contributed by atoms with Gasteiger partial charge in [-0.05, 0) is 51.6 Å². The molecular weight excluding hydrogens is 785 g/mol. The SMILES string of the molecule is O=C(CO)N(CCO)C1=C(I)C(CC(O)CO)(C(=O)O)C(I)C(N(CCO)C(=O)CO)=C1I. The third-order valence-corrected chi connectivity index (χ3v) is 9.13. The maximum absolute atomic E-state index is 12.7. The Morgan fingerprint density at radius 1 is 0.939 bits per heavy atom. The van der Waals surface area contributed by atoms with Crippen molar-refractivity contribution in [2.24, 2.45) is 5.41 Å². The fraction of sp³-hybridized carbons (Fsp3) is 0.611. The van der Waals surface area contributed by atoms with Crippen molar-refractivity contribution in [1.29, 1.82) is 0 Å². The average Bonchev–Trinajstić information content (AvgIpc) is 2.79. The highest BCUT2D eigenvalue weighted by atomic mass is 127. The highest BCUT2D eigenvalue weighted by Crippen LogP contribution is 2.55. The molecule has 12 nitrogen and oxygen atoms in total. The van der Waals surface area contributed by atoms with Gasteiger partial charge in [0.15, 0.2) is 0 Å². The molecule has 0 spiro atoms.